The summed E-state index contributed by atoms with van der Waals surface area (Å²) in [5.41, 5.74) is 2.88. The van der Waals surface area contributed by atoms with E-state index >= 15 is 0 Å². The summed E-state index contributed by atoms with van der Waals surface area (Å²) in [5.74, 6) is 0. The van der Waals surface area contributed by atoms with Crippen LogP contribution in [-0.4, -0.2) is 29.4 Å². The lowest BCUT2D eigenvalue weighted by Crippen LogP contribution is -2.05. The van der Waals surface area contributed by atoms with Crippen molar-refractivity contribution in [2.75, 3.05) is 11.6 Å². The van der Waals surface area contributed by atoms with Crippen molar-refractivity contribution in [3.63, 3.8) is 0 Å². The van der Waals surface area contributed by atoms with E-state index in [-0.39, 0.29) is 16.3 Å². The smallest absolute Gasteiger partial charge is 0.293 e. The van der Waals surface area contributed by atoms with Crippen LogP contribution < -0.4 is 5.32 Å². The van der Waals surface area contributed by atoms with Gasteiger partial charge in [0.2, 0.25) is 0 Å². The Kier molecular flexibility index (Phi) is 4.95. The van der Waals surface area contributed by atoms with E-state index in [0.29, 0.717) is 6.54 Å². The molecule has 0 radical (unpaired) electrons. The van der Waals surface area contributed by atoms with Gasteiger partial charge in [-0.15, -0.1) is 0 Å². The summed E-state index contributed by atoms with van der Waals surface area (Å²) < 4.78 is 25.0. The molecule has 9 heteroatoms. The fourth-order valence-corrected chi connectivity index (χ4v) is 3.31. The minimum Gasteiger partial charge on any atom is -0.375 e. The molecule has 0 fully saturated rings. The predicted octanol–water partition coefficient (Wildman–Crippen LogP) is 3.01. The second-order valence-electron chi connectivity index (χ2n) is 6.16. The molecule has 0 saturated carbocycles. The number of sulfone groups is 1. The fourth-order valence-electron chi connectivity index (χ4n) is 2.67. The van der Waals surface area contributed by atoms with Crippen LogP contribution in [0.4, 0.5) is 11.4 Å². The average Bonchev–Trinajstić information content (AvgIpc) is 3.05. The van der Waals surface area contributed by atoms with Gasteiger partial charge < -0.3 is 5.32 Å². The van der Waals surface area contributed by atoms with Crippen molar-refractivity contribution >= 4 is 21.2 Å². The van der Waals surface area contributed by atoms with Crippen molar-refractivity contribution in [3.8, 4) is 11.1 Å². The molecule has 27 heavy (non-hydrogen) atoms. The molecule has 3 aromatic rings. The Hall–Kier alpha value is -3.20. The van der Waals surface area contributed by atoms with E-state index in [4.69, 9.17) is 0 Å². The third-order valence-corrected chi connectivity index (χ3v) is 5.15. The van der Waals surface area contributed by atoms with Crippen LogP contribution in [0.1, 0.15) is 5.56 Å². The Bertz CT molecular complexity index is 1110. The molecule has 0 aliphatic carbocycles. The van der Waals surface area contributed by atoms with Crippen LogP contribution in [0, 0.1) is 10.1 Å². The molecular formula is C18H18N4O4S. The molecule has 0 amide bonds. The number of nitro benzene ring substituents is 1. The van der Waals surface area contributed by atoms with Crippen LogP contribution >= 0.6 is 0 Å². The maximum Gasteiger partial charge on any atom is 0.293 e. The minimum absolute atomic E-state index is 0.0849. The molecule has 0 aliphatic heterocycles. The lowest BCUT2D eigenvalue weighted by Gasteiger charge is -2.09. The molecule has 0 spiro atoms. The maximum absolute atomic E-state index is 11.6. The highest BCUT2D eigenvalue weighted by Gasteiger charge is 2.18. The number of anilines is 1. The fraction of sp³-hybridized carbons (Fsp3) is 0.167. The molecule has 0 unspecified atom stereocenters. The summed E-state index contributed by atoms with van der Waals surface area (Å²) in [5, 5.41) is 18.5. The lowest BCUT2D eigenvalue weighted by atomic mass is 10.1. The molecule has 8 nitrogen and oxygen atoms in total. The van der Waals surface area contributed by atoms with Crippen LogP contribution in [0.5, 0.6) is 0 Å². The van der Waals surface area contributed by atoms with Crippen molar-refractivity contribution in [1.29, 1.82) is 0 Å². The van der Waals surface area contributed by atoms with Gasteiger partial charge in [-0.05, 0) is 29.3 Å². The zero-order valence-corrected chi connectivity index (χ0v) is 15.6. The van der Waals surface area contributed by atoms with E-state index in [0.717, 1.165) is 29.0 Å². The van der Waals surface area contributed by atoms with E-state index in [1.807, 2.05) is 37.5 Å². The van der Waals surface area contributed by atoms with Gasteiger partial charge in [0.25, 0.3) is 5.69 Å². The number of hydrogen-bond donors (Lipinski definition) is 1. The maximum atomic E-state index is 11.6. The molecular weight excluding hydrogens is 368 g/mol. The van der Waals surface area contributed by atoms with Crippen molar-refractivity contribution in [1.82, 2.24) is 9.78 Å². The highest BCUT2D eigenvalue weighted by molar-refractivity contribution is 7.90. The number of rotatable bonds is 6. The second-order valence-corrected chi connectivity index (χ2v) is 8.18. The van der Waals surface area contributed by atoms with Crippen molar-refractivity contribution in [3.05, 3.63) is 70.5 Å². The van der Waals surface area contributed by atoms with E-state index in [1.165, 1.54) is 12.1 Å². The molecule has 0 bridgehead atoms. The first-order chi connectivity index (χ1) is 12.7. The number of benzene rings is 2. The van der Waals surface area contributed by atoms with Gasteiger partial charge in [0.05, 0.1) is 16.0 Å². The average molecular weight is 386 g/mol. The second kappa shape index (κ2) is 7.20. The third kappa shape index (κ3) is 4.32. The zero-order valence-electron chi connectivity index (χ0n) is 14.8. The van der Waals surface area contributed by atoms with Crippen molar-refractivity contribution < 1.29 is 13.3 Å². The summed E-state index contributed by atoms with van der Waals surface area (Å²) in [6.45, 7) is 0.354. The largest absolute Gasteiger partial charge is 0.375 e. The van der Waals surface area contributed by atoms with Crippen LogP contribution in [-0.2, 0) is 23.4 Å². The summed E-state index contributed by atoms with van der Waals surface area (Å²) >= 11 is 0. The SMILES string of the molecule is Cn1cc(-c2cccc(CNc3ccc(S(C)(=O)=O)cc3[N+](=O)[O-])c2)cn1. The first kappa shape index (κ1) is 18.6. The van der Waals surface area contributed by atoms with Gasteiger partial charge in [-0.3, -0.25) is 14.8 Å². The van der Waals surface area contributed by atoms with E-state index in [2.05, 4.69) is 10.4 Å². The topological polar surface area (TPSA) is 107 Å². The van der Waals surface area contributed by atoms with E-state index < -0.39 is 14.8 Å². The summed E-state index contributed by atoms with van der Waals surface area (Å²) in [6, 6.07) is 11.6. The molecule has 0 atom stereocenters. The monoisotopic (exact) mass is 386 g/mol. The Labute approximate surface area is 156 Å². The summed E-state index contributed by atoms with van der Waals surface area (Å²) in [6.07, 6.45) is 4.69. The normalized spacial score (nSPS) is 11.3. The summed E-state index contributed by atoms with van der Waals surface area (Å²) in [7, 11) is -1.68. The van der Waals surface area contributed by atoms with Gasteiger partial charge in [-0.25, -0.2) is 8.42 Å². The quantitative estimate of drug-likeness (QED) is 0.515. The van der Waals surface area contributed by atoms with Crippen molar-refractivity contribution in [2.24, 2.45) is 7.05 Å². The molecule has 1 N–H and O–H groups in total. The van der Waals surface area contributed by atoms with Crippen LogP contribution in [0.25, 0.3) is 11.1 Å². The molecule has 1 heterocycles. The zero-order chi connectivity index (χ0) is 19.6. The van der Waals surface area contributed by atoms with Gasteiger partial charge in [0.1, 0.15) is 5.69 Å². The van der Waals surface area contributed by atoms with Crippen LogP contribution in [0.2, 0.25) is 0 Å². The van der Waals surface area contributed by atoms with Gasteiger partial charge in [0.15, 0.2) is 9.84 Å². The number of nitrogens with zero attached hydrogens (tertiary/aromatic N) is 3. The number of hydrogen-bond acceptors (Lipinski definition) is 6. The molecule has 3 rings (SSSR count). The number of nitro groups is 1. The first-order valence-electron chi connectivity index (χ1n) is 8.04. The molecule has 0 aliphatic rings. The lowest BCUT2D eigenvalue weighted by molar-refractivity contribution is -0.384. The highest BCUT2D eigenvalue weighted by Crippen LogP contribution is 2.28. The van der Waals surface area contributed by atoms with Gasteiger partial charge >= 0.3 is 0 Å². The molecule has 140 valence electrons. The Morgan fingerprint density at radius 3 is 2.59 bits per heavy atom. The van der Waals surface area contributed by atoms with E-state index in [9.17, 15) is 18.5 Å². The minimum atomic E-state index is -3.52. The number of nitrogens with one attached hydrogen (secondary N) is 1. The van der Waals surface area contributed by atoms with Gasteiger partial charge in [-0.1, -0.05) is 18.2 Å². The predicted molar refractivity (Wildman–Crippen MR) is 102 cm³/mol. The first-order valence-corrected chi connectivity index (χ1v) is 9.93. The van der Waals surface area contributed by atoms with Crippen molar-refractivity contribution in [2.45, 2.75) is 11.4 Å². The highest BCUT2D eigenvalue weighted by atomic mass is 32.2. The van der Waals surface area contributed by atoms with Crippen LogP contribution in [0.3, 0.4) is 0 Å². The standard InChI is InChI=1S/C18H18N4O4S/c1-21-12-15(11-20-21)14-5-3-4-13(8-14)10-19-17-7-6-16(27(2,25)26)9-18(17)22(23)24/h3-9,11-12,19H,10H2,1-2H3. The number of aromatic nitrogens is 2. The number of aryl methyl sites for hydroxylation is 1. The van der Waals surface area contributed by atoms with Gasteiger partial charge in [-0.2, -0.15) is 5.10 Å². The Morgan fingerprint density at radius 2 is 1.96 bits per heavy atom. The van der Waals surface area contributed by atoms with Gasteiger partial charge in [0, 0.05) is 37.7 Å². The Balaban J connectivity index is 1.84. The Morgan fingerprint density at radius 1 is 1.19 bits per heavy atom. The third-order valence-electron chi connectivity index (χ3n) is 4.04. The molecule has 1 aromatic heterocycles. The van der Waals surface area contributed by atoms with Crippen LogP contribution in [0.15, 0.2) is 59.8 Å². The molecule has 0 saturated heterocycles. The van der Waals surface area contributed by atoms with E-state index in [1.54, 1.807) is 10.9 Å². The summed E-state index contributed by atoms with van der Waals surface area (Å²) in [4.78, 5) is 10.6. The molecule has 2 aromatic carbocycles.